The minimum atomic E-state index is 0.299. The molecule has 0 bridgehead atoms. The van der Waals surface area contributed by atoms with E-state index in [0.29, 0.717) is 22.4 Å². The normalized spacial score (nSPS) is 10.3. The van der Waals surface area contributed by atoms with Gasteiger partial charge < -0.3 is 4.74 Å². The van der Waals surface area contributed by atoms with Crippen LogP contribution >= 0.6 is 39.1 Å². The van der Waals surface area contributed by atoms with E-state index in [1.54, 1.807) is 12.4 Å². The average molecular weight is 307 g/mol. The zero-order chi connectivity index (χ0) is 10.7. The van der Waals surface area contributed by atoms with Crippen LogP contribution in [0.2, 0.25) is 4.34 Å². The molecule has 0 atom stereocenters. The fraction of sp³-hybridized carbons (Fsp3) is 0.125. The molecule has 0 fully saturated rings. The number of halogens is 2. The first-order chi connectivity index (χ1) is 7.25. The predicted octanol–water partition coefficient (Wildman–Crippen LogP) is 2.93. The van der Waals surface area contributed by atoms with Crippen LogP contribution in [0.1, 0.15) is 5.69 Å². The van der Waals surface area contributed by atoms with Crippen molar-refractivity contribution >= 4 is 39.1 Å². The van der Waals surface area contributed by atoms with Gasteiger partial charge in [-0.15, -0.1) is 5.10 Å². The molecule has 0 aromatic carbocycles. The molecule has 4 nitrogen and oxygen atoms in total. The number of ether oxygens (including phenoxy) is 1. The van der Waals surface area contributed by atoms with Crippen molar-refractivity contribution in [2.24, 2.45) is 0 Å². The van der Waals surface area contributed by atoms with Crippen LogP contribution < -0.4 is 4.74 Å². The topological polar surface area (TPSA) is 47.9 Å². The molecule has 0 N–H and O–H groups in total. The van der Waals surface area contributed by atoms with E-state index in [2.05, 4.69) is 30.5 Å². The van der Waals surface area contributed by atoms with Gasteiger partial charge >= 0.3 is 0 Å². The summed E-state index contributed by atoms with van der Waals surface area (Å²) in [5, 5.41) is 3.83. The molecule has 7 heteroatoms. The predicted molar refractivity (Wildman–Crippen MR) is 61.2 cm³/mol. The van der Waals surface area contributed by atoms with Gasteiger partial charge in [0.05, 0.1) is 6.20 Å². The molecule has 0 aliphatic carbocycles. The van der Waals surface area contributed by atoms with Crippen LogP contribution in [0.15, 0.2) is 22.9 Å². The summed E-state index contributed by atoms with van der Waals surface area (Å²) in [4.78, 5) is 3.97. The van der Waals surface area contributed by atoms with Crippen molar-refractivity contribution in [3.05, 3.63) is 33.0 Å². The van der Waals surface area contributed by atoms with Crippen molar-refractivity contribution in [1.82, 2.24) is 14.6 Å². The maximum atomic E-state index is 5.83. The Bertz CT molecular complexity index is 465. The fourth-order valence-corrected chi connectivity index (χ4v) is 1.85. The van der Waals surface area contributed by atoms with Gasteiger partial charge in [-0.1, -0.05) is 16.1 Å². The summed E-state index contributed by atoms with van der Waals surface area (Å²) >= 11 is 10.3. The highest BCUT2D eigenvalue weighted by molar-refractivity contribution is 9.10. The Morgan fingerprint density at radius 2 is 2.33 bits per heavy atom. The fourth-order valence-electron chi connectivity index (χ4n) is 0.906. The Balaban J connectivity index is 2.02. The first-order valence-electron chi connectivity index (χ1n) is 3.96. The van der Waals surface area contributed by atoms with Gasteiger partial charge in [0.15, 0.2) is 0 Å². The Labute approximate surface area is 104 Å². The highest BCUT2D eigenvalue weighted by Gasteiger charge is 2.06. The Hall–Kier alpha value is -0.720. The van der Waals surface area contributed by atoms with Crippen LogP contribution in [0.5, 0.6) is 5.75 Å². The molecule has 0 amide bonds. The molecular formula is C8H5BrClN3OS. The lowest BCUT2D eigenvalue weighted by Gasteiger charge is -2.03. The highest BCUT2D eigenvalue weighted by Crippen LogP contribution is 2.20. The van der Waals surface area contributed by atoms with Gasteiger partial charge in [0.1, 0.15) is 22.4 Å². The molecule has 0 spiro atoms. The zero-order valence-corrected chi connectivity index (χ0v) is 10.5. The Kier molecular flexibility index (Phi) is 3.50. The van der Waals surface area contributed by atoms with E-state index in [1.165, 1.54) is 0 Å². The van der Waals surface area contributed by atoms with Crippen molar-refractivity contribution < 1.29 is 4.74 Å². The first-order valence-corrected chi connectivity index (χ1v) is 5.90. The molecule has 0 radical (unpaired) electrons. The van der Waals surface area contributed by atoms with Gasteiger partial charge in [-0.2, -0.15) is 0 Å². The number of rotatable bonds is 3. The molecule has 78 valence electrons. The lowest BCUT2D eigenvalue weighted by atomic mass is 10.4. The summed E-state index contributed by atoms with van der Waals surface area (Å²) in [6.07, 6.45) is 3.31. The van der Waals surface area contributed by atoms with Crippen LogP contribution in [-0.4, -0.2) is 14.6 Å². The molecule has 0 saturated carbocycles. The van der Waals surface area contributed by atoms with Gasteiger partial charge in [0.25, 0.3) is 0 Å². The van der Waals surface area contributed by atoms with Crippen molar-refractivity contribution in [2.75, 3.05) is 0 Å². The van der Waals surface area contributed by atoms with Gasteiger partial charge in [0.2, 0.25) is 0 Å². The third-order valence-electron chi connectivity index (χ3n) is 1.56. The third-order valence-corrected chi connectivity index (χ3v) is 2.98. The number of hydrogen-bond donors (Lipinski definition) is 0. The molecule has 2 aromatic heterocycles. The summed E-state index contributed by atoms with van der Waals surface area (Å²) in [5.41, 5.74) is 0.640. The van der Waals surface area contributed by atoms with Gasteiger partial charge in [0, 0.05) is 22.2 Å². The maximum Gasteiger partial charge on any atom is 0.141 e. The van der Waals surface area contributed by atoms with E-state index in [9.17, 15) is 0 Å². The molecule has 2 aromatic rings. The van der Waals surface area contributed by atoms with Crippen molar-refractivity contribution in [1.29, 1.82) is 0 Å². The quantitative estimate of drug-likeness (QED) is 0.875. The van der Waals surface area contributed by atoms with E-state index < -0.39 is 0 Å². The minimum Gasteiger partial charge on any atom is -0.485 e. The Morgan fingerprint density at radius 1 is 1.47 bits per heavy atom. The van der Waals surface area contributed by atoms with E-state index in [1.807, 2.05) is 6.07 Å². The standard InChI is InChI=1S/C8H5BrClN3OS/c9-5-1-6(3-11-2-5)14-4-7-8(10)15-13-12-7/h1-3H,4H2. The second-order valence-electron chi connectivity index (χ2n) is 2.62. The van der Waals surface area contributed by atoms with Crippen molar-refractivity contribution in [3.63, 3.8) is 0 Å². The van der Waals surface area contributed by atoms with E-state index in [-0.39, 0.29) is 0 Å². The van der Waals surface area contributed by atoms with Gasteiger partial charge in [-0.05, 0) is 22.0 Å². The monoisotopic (exact) mass is 305 g/mol. The smallest absolute Gasteiger partial charge is 0.141 e. The van der Waals surface area contributed by atoms with E-state index >= 15 is 0 Å². The molecule has 0 aliphatic rings. The third kappa shape index (κ3) is 2.87. The maximum absolute atomic E-state index is 5.83. The second kappa shape index (κ2) is 4.87. The number of hydrogen-bond acceptors (Lipinski definition) is 5. The van der Waals surface area contributed by atoms with Crippen LogP contribution in [0, 0.1) is 0 Å². The summed E-state index contributed by atoms with van der Waals surface area (Å²) in [6, 6.07) is 1.82. The lowest BCUT2D eigenvalue weighted by Crippen LogP contribution is -1.96. The summed E-state index contributed by atoms with van der Waals surface area (Å²) < 4.78 is 10.6. The molecule has 0 unspecified atom stereocenters. The second-order valence-corrected chi connectivity index (χ2v) is 4.89. The molecule has 15 heavy (non-hydrogen) atoms. The Morgan fingerprint density at radius 3 is 3.00 bits per heavy atom. The molecule has 2 heterocycles. The average Bonchev–Trinajstić information content (AvgIpc) is 2.61. The van der Waals surface area contributed by atoms with Crippen LogP contribution in [0.25, 0.3) is 0 Å². The van der Waals surface area contributed by atoms with E-state index in [4.69, 9.17) is 16.3 Å². The summed E-state index contributed by atoms with van der Waals surface area (Å²) in [6.45, 7) is 0.299. The first kappa shape index (κ1) is 10.8. The number of aromatic nitrogens is 3. The van der Waals surface area contributed by atoms with Gasteiger partial charge in [-0.3, -0.25) is 4.98 Å². The number of nitrogens with zero attached hydrogens (tertiary/aromatic N) is 3. The lowest BCUT2D eigenvalue weighted by molar-refractivity contribution is 0.300. The van der Waals surface area contributed by atoms with Gasteiger partial charge in [-0.25, -0.2) is 0 Å². The number of pyridine rings is 1. The summed E-state index contributed by atoms with van der Waals surface area (Å²) in [7, 11) is 0. The van der Waals surface area contributed by atoms with Crippen LogP contribution in [0.3, 0.4) is 0 Å². The van der Waals surface area contributed by atoms with Crippen molar-refractivity contribution in [2.45, 2.75) is 6.61 Å². The van der Waals surface area contributed by atoms with Crippen LogP contribution in [0.4, 0.5) is 0 Å². The largest absolute Gasteiger partial charge is 0.485 e. The van der Waals surface area contributed by atoms with Crippen molar-refractivity contribution in [3.8, 4) is 5.75 Å². The van der Waals surface area contributed by atoms with Crippen LogP contribution in [-0.2, 0) is 6.61 Å². The summed E-state index contributed by atoms with van der Waals surface area (Å²) in [5.74, 6) is 0.661. The highest BCUT2D eigenvalue weighted by atomic mass is 79.9. The SMILES string of the molecule is Clc1snnc1COc1cncc(Br)c1. The van der Waals surface area contributed by atoms with E-state index in [0.717, 1.165) is 16.0 Å². The molecule has 0 aliphatic heterocycles. The minimum absolute atomic E-state index is 0.299. The molecule has 2 rings (SSSR count). The molecule has 0 saturated heterocycles. The zero-order valence-electron chi connectivity index (χ0n) is 7.35. The molecular weight excluding hydrogens is 302 g/mol.